The zero-order valence-electron chi connectivity index (χ0n) is 11.5. The van der Waals surface area contributed by atoms with Gasteiger partial charge in [-0.3, -0.25) is 4.79 Å². The summed E-state index contributed by atoms with van der Waals surface area (Å²) in [4.78, 5) is 12.3. The summed E-state index contributed by atoms with van der Waals surface area (Å²) in [7, 11) is 0. The topological polar surface area (TPSA) is 58.6 Å². The smallest absolute Gasteiger partial charge is 0.259 e. The Morgan fingerprint density at radius 2 is 2.05 bits per heavy atom. The standard InChI is InChI=1S/C16H13F2NO3/c17-12-5-4-9(8-13(12)18)19-16(21)11-3-1-2-10-14(20)6-7-22-15(10)11/h1-5,8,14,20H,6-7H2,(H,19,21). The number of para-hydroxylation sites is 1. The van der Waals surface area contributed by atoms with E-state index in [0.717, 1.165) is 12.1 Å². The lowest BCUT2D eigenvalue weighted by Crippen LogP contribution is -2.19. The number of amides is 1. The molecule has 3 rings (SSSR count). The van der Waals surface area contributed by atoms with Crippen LogP contribution in [0, 0.1) is 11.6 Å². The number of fused-ring (bicyclic) bond motifs is 1. The van der Waals surface area contributed by atoms with Crippen LogP contribution >= 0.6 is 0 Å². The Kier molecular flexibility index (Phi) is 3.77. The maximum Gasteiger partial charge on any atom is 0.259 e. The highest BCUT2D eigenvalue weighted by Crippen LogP contribution is 2.35. The van der Waals surface area contributed by atoms with Gasteiger partial charge in [0, 0.05) is 23.7 Å². The zero-order chi connectivity index (χ0) is 15.7. The van der Waals surface area contributed by atoms with Crippen LogP contribution < -0.4 is 10.1 Å². The molecule has 1 aliphatic heterocycles. The van der Waals surface area contributed by atoms with Gasteiger partial charge in [0.2, 0.25) is 0 Å². The van der Waals surface area contributed by atoms with Crippen molar-refractivity contribution in [1.29, 1.82) is 0 Å². The second-order valence-electron chi connectivity index (χ2n) is 4.96. The zero-order valence-corrected chi connectivity index (χ0v) is 11.5. The summed E-state index contributed by atoms with van der Waals surface area (Å²) in [6, 6.07) is 7.97. The van der Waals surface area contributed by atoms with Crippen LogP contribution in [0.4, 0.5) is 14.5 Å². The Labute approximate surface area is 125 Å². The molecule has 114 valence electrons. The molecule has 22 heavy (non-hydrogen) atoms. The number of rotatable bonds is 2. The third-order valence-corrected chi connectivity index (χ3v) is 3.46. The minimum absolute atomic E-state index is 0.137. The lowest BCUT2D eigenvalue weighted by molar-refractivity contribution is 0.0997. The van der Waals surface area contributed by atoms with Crippen LogP contribution in [0.15, 0.2) is 36.4 Å². The van der Waals surface area contributed by atoms with Gasteiger partial charge in [0.25, 0.3) is 5.91 Å². The van der Waals surface area contributed by atoms with Crippen molar-refractivity contribution < 1.29 is 23.4 Å². The van der Waals surface area contributed by atoms with Crippen molar-refractivity contribution in [2.45, 2.75) is 12.5 Å². The normalized spacial score (nSPS) is 16.6. The van der Waals surface area contributed by atoms with Gasteiger partial charge in [-0.15, -0.1) is 0 Å². The molecule has 2 N–H and O–H groups in total. The van der Waals surface area contributed by atoms with E-state index in [0.29, 0.717) is 24.3 Å². The van der Waals surface area contributed by atoms with E-state index in [-0.39, 0.29) is 11.3 Å². The number of hydrogen-bond donors (Lipinski definition) is 2. The number of benzene rings is 2. The highest BCUT2D eigenvalue weighted by Gasteiger charge is 2.24. The SMILES string of the molecule is O=C(Nc1ccc(F)c(F)c1)c1cccc2c1OCCC2O. The third kappa shape index (κ3) is 2.65. The summed E-state index contributed by atoms with van der Waals surface area (Å²) in [6.07, 6.45) is -0.221. The van der Waals surface area contributed by atoms with Crippen molar-refractivity contribution in [1.82, 2.24) is 0 Å². The van der Waals surface area contributed by atoms with Crippen LogP contribution in [0.1, 0.15) is 28.4 Å². The number of carbonyl (C=O) groups excluding carboxylic acids is 1. The van der Waals surface area contributed by atoms with Gasteiger partial charge in [0.15, 0.2) is 11.6 Å². The molecule has 0 radical (unpaired) electrons. The van der Waals surface area contributed by atoms with E-state index < -0.39 is 23.6 Å². The number of aliphatic hydroxyl groups excluding tert-OH is 1. The van der Waals surface area contributed by atoms with E-state index in [2.05, 4.69) is 5.32 Å². The Balaban J connectivity index is 1.89. The lowest BCUT2D eigenvalue weighted by atomic mass is 9.99. The molecular weight excluding hydrogens is 292 g/mol. The molecule has 0 saturated carbocycles. The molecule has 2 aromatic rings. The largest absolute Gasteiger partial charge is 0.492 e. The van der Waals surface area contributed by atoms with Crippen LogP contribution in [-0.2, 0) is 0 Å². The van der Waals surface area contributed by atoms with Crippen LogP contribution in [-0.4, -0.2) is 17.6 Å². The second-order valence-corrected chi connectivity index (χ2v) is 4.96. The summed E-state index contributed by atoms with van der Waals surface area (Å²) >= 11 is 0. The Bertz CT molecular complexity index is 733. The molecule has 0 spiro atoms. The van der Waals surface area contributed by atoms with Gasteiger partial charge >= 0.3 is 0 Å². The molecule has 6 heteroatoms. The first kappa shape index (κ1) is 14.5. The number of ether oxygens (including phenoxy) is 1. The Morgan fingerprint density at radius 3 is 2.82 bits per heavy atom. The number of anilines is 1. The first-order chi connectivity index (χ1) is 10.6. The van der Waals surface area contributed by atoms with Crippen LogP contribution in [0.5, 0.6) is 5.75 Å². The van der Waals surface area contributed by atoms with Gasteiger partial charge in [-0.25, -0.2) is 8.78 Å². The van der Waals surface area contributed by atoms with Crippen molar-refractivity contribution in [3.05, 3.63) is 59.2 Å². The molecule has 0 aromatic heterocycles. The average molecular weight is 305 g/mol. The van der Waals surface area contributed by atoms with Gasteiger partial charge in [-0.2, -0.15) is 0 Å². The number of carbonyl (C=O) groups is 1. The van der Waals surface area contributed by atoms with Crippen molar-refractivity contribution in [3.8, 4) is 5.75 Å². The molecule has 1 heterocycles. The number of nitrogens with one attached hydrogen (secondary N) is 1. The highest BCUT2D eigenvalue weighted by atomic mass is 19.2. The Hall–Kier alpha value is -2.47. The molecule has 2 aromatic carbocycles. The fraction of sp³-hybridized carbons (Fsp3) is 0.188. The van der Waals surface area contributed by atoms with Crippen LogP contribution in [0.25, 0.3) is 0 Å². The van der Waals surface area contributed by atoms with Gasteiger partial charge < -0.3 is 15.2 Å². The first-order valence-electron chi connectivity index (χ1n) is 6.76. The van der Waals surface area contributed by atoms with E-state index in [4.69, 9.17) is 4.74 Å². The van der Waals surface area contributed by atoms with E-state index >= 15 is 0 Å². The predicted octanol–water partition coefficient (Wildman–Crippen LogP) is 3.03. The third-order valence-electron chi connectivity index (χ3n) is 3.46. The number of halogens is 2. The van der Waals surface area contributed by atoms with Gasteiger partial charge in [-0.05, 0) is 18.2 Å². The molecule has 0 aliphatic carbocycles. The van der Waals surface area contributed by atoms with E-state index in [9.17, 15) is 18.7 Å². The minimum Gasteiger partial charge on any atom is -0.492 e. The summed E-state index contributed by atoms with van der Waals surface area (Å²) in [6.45, 7) is 0.309. The Morgan fingerprint density at radius 1 is 1.23 bits per heavy atom. The van der Waals surface area contributed by atoms with Crippen molar-refractivity contribution in [3.63, 3.8) is 0 Å². The maximum absolute atomic E-state index is 13.2. The maximum atomic E-state index is 13.2. The van der Waals surface area contributed by atoms with Crippen molar-refractivity contribution in [2.24, 2.45) is 0 Å². The summed E-state index contributed by atoms with van der Waals surface area (Å²) in [5.74, 6) is -2.22. The highest BCUT2D eigenvalue weighted by molar-refractivity contribution is 6.06. The second kappa shape index (κ2) is 5.73. The van der Waals surface area contributed by atoms with Crippen LogP contribution in [0.3, 0.4) is 0 Å². The summed E-state index contributed by atoms with van der Waals surface area (Å²) in [5.41, 5.74) is 0.919. The van der Waals surface area contributed by atoms with Crippen molar-refractivity contribution >= 4 is 11.6 Å². The summed E-state index contributed by atoms with van der Waals surface area (Å²) < 4.78 is 31.5. The first-order valence-corrected chi connectivity index (χ1v) is 6.76. The molecule has 1 amide bonds. The fourth-order valence-corrected chi connectivity index (χ4v) is 2.36. The predicted molar refractivity (Wildman–Crippen MR) is 75.8 cm³/mol. The number of hydrogen-bond acceptors (Lipinski definition) is 3. The fourth-order valence-electron chi connectivity index (χ4n) is 2.36. The van der Waals surface area contributed by atoms with Crippen molar-refractivity contribution in [2.75, 3.05) is 11.9 Å². The molecule has 1 atom stereocenters. The van der Waals surface area contributed by atoms with Gasteiger partial charge in [-0.1, -0.05) is 12.1 Å². The molecule has 0 bridgehead atoms. The van der Waals surface area contributed by atoms with E-state index in [1.165, 1.54) is 6.07 Å². The molecule has 1 aliphatic rings. The van der Waals surface area contributed by atoms with E-state index in [1.807, 2.05) is 0 Å². The van der Waals surface area contributed by atoms with Crippen LogP contribution in [0.2, 0.25) is 0 Å². The monoisotopic (exact) mass is 305 g/mol. The van der Waals surface area contributed by atoms with E-state index in [1.54, 1.807) is 18.2 Å². The summed E-state index contributed by atoms with van der Waals surface area (Å²) in [5, 5.41) is 12.4. The number of aliphatic hydroxyl groups is 1. The van der Waals surface area contributed by atoms with Gasteiger partial charge in [0.1, 0.15) is 5.75 Å². The average Bonchev–Trinajstić information content (AvgIpc) is 2.51. The molecule has 4 nitrogen and oxygen atoms in total. The van der Waals surface area contributed by atoms with Gasteiger partial charge in [0.05, 0.1) is 18.3 Å². The minimum atomic E-state index is -1.04. The molecule has 0 saturated heterocycles. The molecule has 0 fully saturated rings. The quantitative estimate of drug-likeness (QED) is 0.896. The molecular formula is C16H13F2NO3. The lowest BCUT2D eigenvalue weighted by Gasteiger charge is -2.24. The molecule has 1 unspecified atom stereocenters.